The number of nitrogens with one attached hydrogen (secondary N) is 2. The maximum absolute atomic E-state index is 5.66. The Morgan fingerprint density at radius 3 is 2.75 bits per heavy atom. The summed E-state index contributed by atoms with van der Waals surface area (Å²) in [7, 11) is 1.65. The third-order valence-electron chi connectivity index (χ3n) is 4.74. The lowest BCUT2D eigenvalue weighted by Gasteiger charge is -2.09. The van der Waals surface area contributed by atoms with Crippen LogP contribution in [0.3, 0.4) is 0 Å². The van der Waals surface area contributed by atoms with Crippen LogP contribution in [-0.2, 0) is 11.3 Å². The minimum atomic E-state index is 0.491. The number of ether oxygens (including phenoxy) is 2. The van der Waals surface area contributed by atoms with Crippen molar-refractivity contribution in [3.63, 3.8) is 0 Å². The van der Waals surface area contributed by atoms with Gasteiger partial charge in [0.05, 0.1) is 24.2 Å². The summed E-state index contributed by atoms with van der Waals surface area (Å²) in [5.41, 5.74) is 9.87. The van der Waals surface area contributed by atoms with Crippen molar-refractivity contribution in [2.24, 2.45) is 5.73 Å². The second-order valence-corrected chi connectivity index (χ2v) is 6.92. The molecule has 0 aliphatic rings. The molecule has 0 aliphatic carbocycles. The second-order valence-electron chi connectivity index (χ2n) is 6.92. The number of pyridine rings is 1. The molecule has 0 radical (unpaired) electrons. The van der Waals surface area contributed by atoms with Gasteiger partial charge in [-0.2, -0.15) is 0 Å². The van der Waals surface area contributed by atoms with Gasteiger partial charge < -0.3 is 25.8 Å². The SMILES string of the molecule is COCCOc1ccn2c(-c3cc(NCc4ccc(N/C=C\N)cc4)ncn3)cnc2c1. The smallest absolute Gasteiger partial charge is 0.140 e. The highest BCUT2D eigenvalue weighted by atomic mass is 16.5. The molecular formula is C23H25N7O2. The number of anilines is 2. The molecular weight excluding hydrogens is 406 g/mol. The van der Waals surface area contributed by atoms with Gasteiger partial charge in [0.1, 0.15) is 30.1 Å². The van der Waals surface area contributed by atoms with Crippen LogP contribution in [0, 0.1) is 0 Å². The predicted octanol–water partition coefficient (Wildman–Crippen LogP) is 3.27. The van der Waals surface area contributed by atoms with Crippen molar-refractivity contribution in [2.45, 2.75) is 6.54 Å². The number of hydrogen-bond donors (Lipinski definition) is 3. The molecule has 3 aromatic heterocycles. The van der Waals surface area contributed by atoms with Crippen LogP contribution in [0.2, 0.25) is 0 Å². The molecule has 0 atom stereocenters. The number of hydrogen-bond acceptors (Lipinski definition) is 8. The summed E-state index contributed by atoms with van der Waals surface area (Å²) in [6.07, 6.45) is 8.41. The molecule has 4 N–H and O–H groups in total. The number of imidazole rings is 1. The summed E-state index contributed by atoms with van der Waals surface area (Å²) in [6, 6.07) is 13.8. The molecule has 9 heteroatoms. The van der Waals surface area contributed by atoms with Crippen LogP contribution in [0.5, 0.6) is 5.75 Å². The molecule has 9 nitrogen and oxygen atoms in total. The normalized spacial score (nSPS) is 11.2. The molecule has 164 valence electrons. The van der Waals surface area contributed by atoms with Crippen molar-refractivity contribution in [3.05, 3.63) is 79.1 Å². The Bertz CT molecular complexity index is 1190. The van der Waals surface area contributed by atoms with Gasteiger partial charge in [0.15, 0.2) is 0 Å². The highest BCUT2D eigenvalue weighted by molar-refractivity contribution is 5.63. The van der Waals surface area contributed by atoms with Gasteiger partial charge in [0.2, 0.25) is 0 Å². The van der Waals surface area contributed by atoms with Crippen molar-refractivity contribution in [2.75, 3.05) is 31.0 Å². The average Bonchev–Trinajstić information content (AvgIpc) is 3.26. The van der Waals surface area contributed by atoms with E-state index >= 15 is 0 Å². The van der Waals surface area contributed by atoms with E-state index in [0.717, 1.165) is 39.9 Å². The van der Waals surface area contributed by atoms with Crippen LogP contribution in [0.25, 0.3) is 17.0 Å². The van der Waals surface area contributed by atoms with Crippen LogP contribution < -0.4 is 21.1 Å². The fraction of sp³-hybridized carbons (Fsp3) is 0.174. The molecule has 3 heterocycles. The number of fused-ring (bicyclic) bond motifs is 1. The summed E-state index contributed by atoms with van der Waals surface area (Å²) >= 11 is 0. The third kappa shape index (κ3) is 5.13. The van der Waals surface area contributed by atoms with Crippen LogP contribution in [-0.4, -0.2) is 39.7 Å². The van der Waals surface area contributed by atoms with Gasteiger partial charge >= 0.3 is 0 Å². The lowest BCUT2D eigenvalue weighted by molar-refractivity contribution is 0.146. The van der Waals surface area contributed by atoms with Crippen LogP contribution in [0.15, 0.2) is 73.6 Å². The van der Waals surface area contributed by atoms with Gasteiger partial charge in [-0.05, 0) is 23.8 Å². The Morgan fingerprint density at radius 1 is 1.06 bits per heavy atom. The minimum absolute atomic E-state index is 0.491. The summed E-state index contributed by atoms with van der Waals surface area (Å²) in [5, 5.41) is 6.43. The van der Waals surface area contributed by atoms with Crippen LogP contribution in [0.1, 0.15) is 5.56 Å². The molecule has 0 amide bonds. The Hall–Kier alpha value is -4.11. The van der Waals surface area contributed by atoms with Gasteiger partial charge in [-0.1, -0.05) is 12.1 Å². The van der Waals surface area contributed by atoms with E-state index in [4.69, 9.17) is 15.2 Å². The molecule has 32 heavy (non-hydrogen) atoms. The zero-order valence-corrected chi connectivity index (χ0v) is 17.7. The number of aromatic nitrogens is 4. The third-order valence-corrected chi connectivity index (χ3v) is 4.74. The number of benzene rings is 1. The Labute approximate surface area is 185 Å². The lowest BCUT2D eigenvalue weighted by Crippen LogP contribution is -2.04. The fourth-order valence-electron chi connectivity index (χ4n) is 3.13. The van der Waals surface area contributed by atoms with Crippen molar-refractivity contribution in [1.29, 1.82) is 0 Å². The van der Waals surface area contributed by atoms with Gasteiger partial charge in [-0.3, -0.25) is 4.40 Å². The van der Waals surface area contributed by atoms with Crippen LogP contribution >= 0.6 is 0 Å². The predicted molar refractivity (Wildman–Crippen MR) is 124 cm³/mol. The first kappa shape index (κ1) is 21.1. The summed E-state index contributed by atoms with van der Waals surface area (Å²) in [4.78, 5) is 13.3. The minimum Gasteiger partial charge on any atom is -0.491 e. The average molecular weight is 432 g/mol. The summed E-state index contributed by atoms with van der Waals surface area (Å²) in [5.74, 6) is 1.48. The maximum atomic E-state index is 5.66. The topological polar surface area (TPSA) is 112 Å². The Balaban J connectivity index is 1.45. The molecule has 4 rings (SSSR count). The molecule has 1 aromatic carbocycles. The van der Waals surface area contributed by atoms with Gasteiger partial charge in [-0.15, -0.1) is 0 Å². The number of nitrogens with zero attached hydrogens (tertiary/aromatic N) is 4. The largest absolute Gasteiger partial charge is 0.491 e. The molecule has 0 saturated heterocycles. The summed E-state index contributed by atoms with van der Waals surface area (Å²) in [6.45, 7) is 1.66. The highest BCUT2D eigenvalue weighted by Crippen LogP contribution is 2.23. The first-order valence-electron chi connectivity index (χ1n) is 10.1. The molecule has 0 bridgehead atoms. The Kier molecular flexibility index (Phi) is 6.78. The number of rotatable bonds is 10. The van der Waals surface area contributed by atoms with E-state index in [1.54, 1.807) is 25.8 Å². The highest BCUT2D eigenvalue weighted by Gasteiger charge is 2.10. The Morgan fingerprint density at radius 2 is 1.94 bits per heavy atom. The number of nitrogens with two attached hydrogens (primary N) is 1. The van der Waals surface area contributed by atoms with E-state index in [1.807, 2.05) is 53.1 Å². The van der Waals surface area contributed by atoms with E-state index in [-0.39, 0.29) is 0 Å². The zero-order valence-electron chi connectivity index (χ0n) is 17.7. The van der Waals surface area contributed by atoms with Crippen molar-refractivity contribution < 1.29 is 9.47 Å². The van der Waals surface area contributed by atoms with E-state index in [2.05, 4.69) is 25.6 Å². The molecule has 0 aliphatic heterocycles. The fourth-order valence-corrected chi connectivity index (χ4v) is 3.13. The van der Waals surface area contributed by atoms with Crippen molar-refractivity contribution >= 4 is 17.2 Å². The molecule has 0 unspecified atom stereocenters. The second kappa shape index (κ2) is 10.3. The van der Waals surface area contributed by atoms with Crippen LogP contribution in [0.4, 0.5) is 11.5 Å². The van der Waals surface area contributed by atoms with Gasteiger partial charge in [-0.25, -0.2) is 15.0 Å². The van der Waals surface area contributed by atoms with Crippen molar-refractivity contribution in [1.82, 2.24) is 19.4 Å². The zero-order chi connectivity index (χ0) is 22.2. The monoisotopic (exact) mass is 431 g/mol. The lowest BCUT2D eigenvalue weighted by atomic mass is 10.2. The van der Waals surface area contributed by atoms with E-state index < -0.39 is 0 Å². The van der Waals surface area contributed by atoms with E-state index in [1.165, 1.54) is 6.20 Å². The van der Waals surface area contributed by atoms with E-state index in [9.17, 15) is 0 Å². The first-order chi connectivity index (χ1) is 15.8. The van der Waals surface area contributed by atoms with Gasteiger partial charge in [0, 0.05) is 50.1 Å². The standard InChI is InChI=1S/C23H25N7O2/c1-31-10-11-32-19-6-9-30-21(15-27-23(30)12-19)20-13-22(29-16-28-20)26-14-17-2-4-18(5-3-17)25-8-7-24/h2-9,12-13,15-16,25H,10-11,14,24H2,1H3,(H,26,28,29)/b8-7-. The van der Waals surface area contributed by atoms with Crippen molar-refractivity contribution in [3.8, 4) is 17.1 Å². The molecule has 4 aromatic rings. The molecule has 0 fully saturated rings. The molecule has 0 saturated carbocycles. The maximum Gasteiger partial charge on any atom is 0.140 e. The molecule has 0 spiro atoms. The van der Waals surface area contributed by atoms with E-state index in [0.29, 0.717) is 19.8 Å². The quantitative estimate of drug-likeness (QED) is 0.328. The number of methoxy groups -OCH3 is 1. The van der Waals surface area contributed by atoms with Gasteiger partial charge in [0.25, 0.3) is 0 Å². The first-order valence-corrected chi connectivity index (χ1v) is 10.1. The summed E-state index contributed by atoms with van der Waals surface area (Å²) < 4.78 is 12.6.